The summed E-state index contributed by atoms with van der Waals surface area (Å²) in [7, 11) is 1.47. The van der Waals surface area contributed by atoms with E-state index in [1.54, 1.807) is 20.8 Å². The lowest BCUT2D eigenvalue weighted by Gasteiger charge is -2.24. The van der Waals surface area contributed by atoms with Gasteiger partial charge in [0, 0.05) is 7.05 Å². The number of oxime groups is 1. The summed E-state index contributed by atoms with van der Waals surface area (Å²) in [4.78, 5) is 15.5. The van der Waals surface area contributed by atoms with Crippen molar-refractivity contribution >= 4 is 11.6 Å². The van der Waals surface area contributed by atoms with Gasteiger partial charge in [-0.15, -0.1) is 0 Å². The average Bonchev–Trinajstić information content (AvgIpc) is 2.65. The molecule has 0 atom stereocenters. The van der Waals surface area contributed by atoms with Gasteiger partial charge in [0.25, 0.3) is 5.91 Å². The lowest BCUT2D eigenvalue weighted by Crippen LogP contribution is -2.45. The smallest absolute Gasteiger partial charge is 0.271 e. The highest BCUT2D eigenvalue weighted by Crippen LogP contribution is 2.16. The van der Waals surface area contributed by atoms with Crippen LogP contribution in [-0.2, 0) is 10.3 Å². The Balaban J connectivity index is 3.14. The third kappa shape index (κ3) is 2.02. The minimum atomic E-state index is -0.865. The van der Waals surface area contributed by atoms with E-state index in [1.807, 2.05) is 0 Å². The van der Waals surface area contributed by atoms with Crippen LogP contribution < -0.4 is 5.32 Å². The molecule has 1 heterocycles. The second-order valence-electron chi connectivity index (χ2n) is 3.82. The summed E-state index contributed by atoms with van der Waals surface area (Å²) < 4.78 is 1.48. The van der Waals surface area contributed by atoms with Crippen LogP contribution in [0.3, 0.4) is 0 Å². The first-order valence-corrected chi connectivity index (χ1v) is 4.76. The van der Waals surface area contributed by atoms with E-state index in [2.05, 4.69) is 20.6 Å². The highest BCUT2D eigenvalue weighted by molar-refractivity contribution is 6.41. The van der Waals surface area contributed by atoms with Crippen LogP contribution in [0, 0.1) is 6.92 Å². The van der Waals surface area contributed by atoms with Gasteiger partial charge in [-0.05, 0) is 20.8 Å². The number of aromatic nitrogens is 3. The Morgan fingerprint density at radius 3 is 2.62 bits per heavy atom. The summed E-state index contributed by atoms with van der Waals surface area (Å²) in [6, 6.07) is 0. The van der Waals surface area contributed by atoms with Crippen molar-refractivity contribution in [1.29, 1.82) is 0 Å². The minimum absolute atomic E-state index is 0.0279. The van der Waals surface area contributed by atoms with Crippen molar-refractivity contribution in [3.8, 4) is 0 Å². The number of aryl methyl sites for hydroxylation is 1. The second kappa shape index (κ2) is 4.30. The van der Waals surface area contributed by atoms with Crippen molar-refractivity contribution in [2.24, 2.45) is 5.16 Å². The van der Waals surface area contributed by atoms with Gasteiger partial charge >= 0.3 is 0 Å². The lowest BCUT2D eigenvalue weighted by atomic mass is 9.98. The number of rotatable bonds is 3. The van der Waals surface area contributed by atoms with Gasteiger partial charge in [-0.3, -0.25) is 4.79 Å². The molecule has 0 unspecified atom stereocenters. The normalized spacial score (nSPS) is 12.6. The van der Waals surface area contributed by atoms with E-state index < -0.39 is 11.4 Å². The molecule has 1 aromatic heterocycles. The van der Waals surface area contributed by atoms with Crippen molar-refractivity contribution in [3.05, 3.63) is 12.2 Å². The molecule has 0 radical (unpaired) electrons. The summed E-state index contributed by atoms with van der Waals surface area (Å²) in [5, 5.41) is 18.4. The van der Waals surface area contributed by atoms with Crippen LogP contribution in [0.25, 0.3) is 0 Å². The zero-order valence-electron chi connectivity index (χ0n) is 9.72. The Hall–Kier alpha value is -1.92. The molecule has 1 amide bonds. The van der Waals surface area contributed by atoms with Crippen LogP contribution in [0.4, 0.5) is 0 Å². The van der Waals surface area contributed by atoms with E-state index in [9.17, 15) is 4.79 Å². The highest BCUT2D eigenvalue weighted by atomic mass is 16.4. The van der Waals surface area contributed by atoms with E-state index in [4.69, 9.17) is 5.21 Å². The van der Waals surface area contributed by atoms with E-state index in [1.165, 1.54) is 18.1 Å². The SMILES string of the molecule is CNC(=O)C(=NO)C(C)(C)n1cnc(C)n1. The van der Waals surface area contributed by atoms with Gasteiger partial charge < -0.3 is 10.5 Å². The first-order valence-electron chi connectivity index (χ1n) is 4.76. The van der Waals surface area contributed by atoms with E-state index >= 15 is 0 Å². The Labute approximate surface area is 93.2 Å². The van der Waals surface area contributed by atoms with Gasteiger partial charge in [-0.1, -0.05) is 5.16 Å². The van der Waals surface area contributed by atoms with Gasteiger partial charge in [-0.25, -0.2) is 9.67 Å². The fourth-order valence-corrected chi connectivity index (χ4v) is 1.29. The molecule has 7 nitrogen and oxygen atoms in total. The maximum absolute atomic E-state index is 11.5. The zero-order valence-corrected chi connectivity index (χ0v) is 9.72. The summed E-state index contributed by atoms with van der Waals surface area (Å²) in [5.74, 6) is 0.128. The number of carbonyl (C=O) groups excluding carboxylic acids is 1. The van der Waals surface area contributed by atoms with Crippen LogP contribution in [0.15, 0.2) is 11.5 Å². The summed E-state index contributed by atoms with van der Waals surface area (Å²) >= 11 is 0. The summed E-state index contributed by atoms with van der Waals surface area (Å²) in [6.45, 7) is 5.17. The number of hydrogen-bond donors (Lipinski definition) is 2. The maximum Gasteiger partial charge on any atom is 0.271 e. The van der Waals surface area contributed by atoms with E-state index in [-0.39, 0.29) is 5.71 Å². The van der Waals surface area contributed by atoms with Crippen LogP contribution in [0.2, 0.25) is 0 Å². The number of amides is 1. The molecule has 0 fully saturated rings. The molecule has 0 aliphatic heterocycles. The Bertz CT molecular complexity index is 421. The molecule has 0 aliphatic rings. The van der Waals surface area contributed by atoms with Gasteiger partial charge in [-0.2, -0.15) is 5.10 Å². The van der Waals surface area contributed by atoms with Crippen molar-refractivity contribution in [2.45, 2.75) is 26.3 Å². The van der Waals surface area contributed by atoms with E-state index in [0.717, 1.165) is 0 Å². The first kappa shape index (κ1) is 12.2. The quantitative estimate of drug-likeness (QED) is 0.427. The minimum Gasteiger partial charge on any atom is -0.410 e. The van der Waals surface area contributed by atoms with Gasteiger partial charge in [0.1, 0.15) is 17.7 Å². The van der Waals surface area contributed by atoms with Crippen LogP contribution in [-0.4, -0.2) is 38.6 Å². The van der Waals surface area contributed by atoms with Gasteiger partial charge in [0.15, 0.2) is 5.71 Å². The van der Waals surface area contributed by atoms with E-state index in [0.29, 0.717) is 5.82 Å². The topological polar surface area (TPSA) is 92.4 Å². The average molecular weight is 225 g/mol. The fourth-order valence-electron chi connectivity index (χ4n) is 1.29. The molecule has 16 heavy (non-hydrogen) atoms. The van der Waals surface area contributed by atoms with Crippen LogP contribution in [0.1, 0.15) is 19.7 Å². The first-order chi connectivity index (χ1) is 7.43. The Morgan fingerprint density at radius 1 is 1.62 bits per heavy atom. The molecule has 0 spiro atoms. The largest absolute Gasteiger partial charge is 0.410 e. The van der Waals surface area contributed by atoms with Gasteiger partial charge in [0.05, 0.1) is 0 Å². The number of nitrogens with one attached hydrogen (secondary N) is 1. The molecular formula is C9H15N5O2. The number of hydrogen-bond acceptors (Lipinski definition) is 5. The molecule has 1 aromatic rings. The molecule has 1 rings (SSSR count). The molecule has 2 N–H and O–H groups in total. The third-order valence-electron chi connectivity index (χ3n) is 2.30. The maximum atomic E-state index is 11.5. The highest BCUT2D eigenvalue weighted by Gasteiger charge is 2.33. The van der Waals surface area contributed by atoms with Crippen molar-refractivity contribution in [1.82, 2.24) is 20.1 Å². The number of carbonyl (C=O) groups is 1. The second-order valence-corrected chi connectivity index (χ2v) is 3.82. The predicted octanol–water partition coefficient (Wildman–Crippen LogP) is -0.102. The van der Waals surface area contributed by atoms with Crippen LogP contribution >= 0.6 is 0 Å². The monoisotopic (exact) mass is 225 g/mol. The molecule has 7 heteroatoms. The van der Waals surface area contributed by atoms with Crippen molar-refractivity contribution < 1.29 is 10.0 Å². The third-order valence-corrected chi connectivity index (χ3v) is 2.30. The zero-order chi connectivity index (χ0) is 12.3. The summed E-state index contributed by atoms with van der Waals surface area (Å²) in [5.41, 5.74) is -0.893. The standard InChI is InChI=1S/C9H15N5O2/c1-6-11-5-14(12-6)9(2,3)7(13-16)8(15)10-4/h5,16H,1-4H3,(H,10,15). The fraction of sp³-hybridized carbons (Fsp3) is 0.556. The Kier molecular flexibility index (Phi) is 3.26. The molecule has 0 aromatic carbocycles. The molecule has 88 valence electrons. The Morgan fingerprint density at radius 2 is 2.25 bits per heavy atom. The molecular weight excluding hydrogens is 210 g/mol. The van der Waals surface area contributed by atoms with Crippen molar-refractivity contribution in [2.75, 3.05) is 7.05 Å². The lowest BCUT2D eigenvalue weighted by molar-refractivity contribution is -0.114. The number of nitrogens with zero attached hydrogens (tertiary/aromatic N) is 4. The summed E-state index contributed by atoms with van der Waals surface area (Å²) in [6.07, 6.45) is 1.49. The van der Waals surface area contributed by atoms with Gasteiger partial charge in [0.2, 0.25) is 0 Å². The molecule has 0 bridgehead atoms. The van der Waals surface area contributed by atoms with Crippen molar-refractivity contribution in [3.63, 3.8) is 0 Å². The van der Waals surface area contributed by atoms with Crippen LogP contribution in [0.5, 0.6) is 0 Å². The molecule has 0 saturated heterocycles. The predicted molar refractivity (Wildman–Crippen MR) is 57.4 cm³/mol. The molecule has 0 aliphatic carbocycles. The molecule has 0 saturated carbocycles.